The molecule has 172 valence electrons. The molecular formula is C20H26N6O5S. The molecule has 0 atom stereocenters. The highest BCUT2D eigenvalue weighted by atomic mass is 32.2. The second-order valence-corrected chi connectivity index (χ2v) is 9.48. The number of nitrogens with one attached hydrogen (secondary N) is 1. The Morgan fingerprint density at radius 2 is 1.50 bits per heavy atom. The van der Waals surface area contributed by atoms with Crippen molar-refractivity contribution in [2.24, 2.45) is 0 Å². The highest BCUT2D eigenvalue weighted by Gasteiger charge is 2.23. The van der Waals surface area contributed by atoms with Crippen molar-refractivity contribution in [2.45, 2.75) is 0 Å². The summed E-state index contributed by atoms with van der Waals surface area (Å²) in [5.74, 6) is 0.515. The normalized spacial score (nSPS) is 17.3. The van der Waals surface area contributed by atoms with E-state index in [0.717, 1.165) is 31.0 Å². The molecule has 0 unspecified atom stereocenters. The van der Waals surface area contributed by atoms with E-state index in [1.54, 1.807) is 12.1 Å². The van der Waals surface area contributed by atoms with Crippen molar-refractivity contribution in [3.05, 3.63) is 35.9 Å². The number of hydrogen-bond donors (Lipinski definition) is 2. The van der Waals surface area contributed by atoms with Gasteiger partial charge in [-0.3, -0.25) is 4.72 Å². The molecule has 2 aliphatic rings. The highest BCUT2D eigenvalue weighted by molar-refractivity contribution is 7.92. The van der Waals surface area contributed by atoms with Crippen molar-refractivity contribution < 1.29 is 23.1 Å². The van der Waals surface area contributed by atoms with Gasteiger partial charge in [0.1, 0.15) is 0 Å². The van der Waals surface area contributed by atoms with Gasteiger partial charge >= 0.3 is 5.97 Å². The highest BCUT2D eigenvalue weighted by Crippen LogP contribution is 2.27. The van der Waals surface area contributed by atoms with Crippen LogP contribution in [0.3, 0.4) is 0 Å². The van der Waals surface area contributed by atoms with E-state index in [1.807, 2.05) is 17.0 Å². The zero-order valence-electron chi connectivity index (χ0n) is 17.8. The third-order valence-corrected chi connectivity index (χ3v) is 6.05. The maximum Gasteiger partial charge on any atom is 0.337 e. The van der Waals surface area contributed by atoms with E-state index in [2.05, 4.69) is 24.7 Å². The minimum atomic E-state index is -3.49. The molecule has 0 aliphatic carbocycles. The van der Waals surface area contributed by atoms with Crippen LogP contribution in [0.2, 0.25) is 0 Å². The third kappa shape index (κ3) is 5.19. The third-order valence-electron chi connectivity index (χ3n) is 5.45. The first-order chi connectivity index (χ1) is 15.3. The van der Waals surface area contributed by atoms with E-state index < -0.39 is 16.0 Å². The van der Waals surface area contributed by atoms with Gasteiger partial charge < -0.3 is 24.5 Å². The monoisotopic (exact) mass is 462 g/mol. The predicted octanol–water partition coefficient (Wildman–Crippen LogP) is 0.710. The summed E-state index contributed by atoms with van der Waals surface area (Å²) in [6, 6.07) is 8.49. The lowest BCUT2D eigenvalue weighted by molar-refractivity contribution is 0.0697. The molecule has 12 heteroatoms. The van der Waals surface area contributed by atoms with Crippen LogP contribution in [0.5, 0.6) is 0 Å². The molecule has 0 bridgehead atoms. The van der Waals surface area contributed by atoms with Gasteiger partial charge in [0.2, 0.25) is 10.0 Å². The Morgan fingerprint density at radius 1 is 0.938 bits per heavy atom. The smallest absolute Gasteiger partial charge is 0.337 e. The van der Waals surface area contributed by atoms with Crippen LogP contribution in [0.4, 0.5) is 23.0 Å². The van der Waals surface area contributed by atoms with E-state index >= 15 is 0 Å². The molecule has 0 saturated carbocycles. The first-order valence-corrected chi connectivity index (χ1v) is 12.2. The lowest BCUT2D eigenvalue weighted by atomic mass is 10.1. The number of carboxylic acid groups (broad SMARTS) is 1. The fraction of sp³-hybridized carbons (Fsp3) is 0.450. The van der Waals surface area contributed by atoms with Gasteiger partial charge in [-0.2, -0.15) is 0 Å². The molecule has 2 aromatic rings. The molecule has 2 fully saturated rings. The van der Waals surface area contributed by atoms with Crippen LogP contribution in [0, 0.1) is 0 Å². The number of benzene rings is 1. The Labute approximate surface area is 186 Å². The lowest BCUT2D eigenvalue weighted by Crippen LogP contribution is -2.47. The molecule has 2 saturated heterocycles. The average Bonchev–Trinajstić information content (AvgIpc) is 2.79. The summed E-state index contributed by atoms with van der Waals surface area (Å²) in [5, 5.41) is 18.4. The Kier molecular flexibility index (Phi) is 6.33. The summed E-state index contributed by atoms with van der Waals surface area (Å²) >= 11 is 0. The molecule has 2 N–H and O–H groups in total. The minimum Gasteiger partial charge on any atom is -0.478 e. The fourth-order valence-corrected chi connectivity index (χ4v) is 4.44. The number of anilines is 4. The lowest BCUT2D eigenvalue weighted by Gasteiger charge is -2.37. The molecule has 0 radical (unpaired) electrons. The summed E-state index contributed by atoms with van der Waals surface area (Å²) in [5.41, 5.74) is 0.842. The Hall–Kier alpha value is -3.12. The van der Waals surface area contributed by atoms with Gasteiger partial charge in [-0.1, -0.05) is 0 Å². The van der Waals surface area contributed by atoms with Crippen LogP contribution >= 0.6 is 0 Å². The maximum atomic E-state index is 11.8. The van der Waals surface area contributed by atoms with Crippen molar-refractivity contribution in [1.82, 2.24) is 10.2 Å². The minimum absolute atomic E-state index is 0.0572. The van der Waals surface area contributed by atoms with Crippen LogP contribution in [0.15, 0.2) is 30.3 Å². The molecular weight excluding hydrogens is 436 g/mol. The van der Waals surface area contributed by atoms with Crippen LogP contribution < -0.4 is 19.4 Å². The van der Waals surface area contributed by atoms with Crippen molar-refractivity contribution in [3.63, 3.8) is 0 Å². The predicted molar refractivity (Wildman–Crippen MR) is 121 cm³/mol. The molecule has 4 rings (SSSR count). The zero-order valence-corrected chi connectivity index (χ0v) is 18.6. The van der Waals surface area contributed by atoms with Gasteiger partial charge in [-0.25, -0.2) is 13.2 Å². The SMILES string of the molecule is CS(=O)(=O)Nc1ccc(N2CCN(c3ccc(N4CCOCC4)nn3)CC2)c(C(=O)O)c1. The topological polar surface area (TPSA) is 128 Å². The second kappa shape index (κ2) is 9.17. The van der Waals surface area contributed by atoms with Crippen LogP contribution in [-0.4, -0.2) is 88.4 Å². The van der Waals surface area contributed by atoms with Gasteiger partial charge in [0.25, 0.3) is 0 Å². The largest absolute Gasteiger partial charge is 0.478 e. The molecule has 3 heterocycles. The number of nitrogens with zero attached hydrogens (tertiary/aromatic N) is 5. The molecule has 32 heavy (non-hydrogen) atoms. The van der Waals surface area contributed by atoms with E-state index in [1.165, 1.54) is 6.07 Å². The second-order valence-electron chi connectivity index (χ2n) is 7.73. The van der Waals surface area contributed by atoms with E-state index in [0.29, 0.717) is 45.1 Å². The molecule has 1 aromatic carbocycles. The number of aromatic carboxylic acids is 1. The fourth-order valence-electron chi connectivity index (χ4n) is 3.89. The number of morpholine rings is 1. The molecule has 0 amide bonds. The number of ether oxygens (including phenoxy) is 1. The van der Waals surface area contributed by atoms with Crippen molar-refractivity contribution in [1.29, 1.82) is 0 Å². The molecule has 1 aromatic heterocycles. The van der Waals surface area contributed by atoms with Crippen molar-refractivity contribution in [2.75, 3.05) is 78.2 Å². The molecule has 2 aliphatic heterocycles. The van der Waals surface area contributed by atoms with Gasteiger partial charge in [0.05, 0.1) is 30.7 Å². The maximum absolute atomic E-state index is 11.8. The van der Waals surface area contributed by atoms with Crippen LogP contribution in [0.25, 0.3) is 0 Å². The van der Waals surface area contributed by atoms with Crippen LogP contribution in [-0.2, 0) is 14.8 Å². The van der Waals surface area contributed by atoms with E-state index in [9.17, 15) is 18.3 Å². The number of carbonyl (C=O) groups is 1. The number of carboxylic acids is 1. The van der Waals surface area contributed by atoms with E-state index in [4.69, 9.17) is 4.74 Å². The molecule has 11 nitrogen and oxygen atoms in total. The summed E-state index contributed by atoms with van der Waals surface area (Å²) in [7, 11) is -3.49. The Balaban J connectivity index is 1.42. The number of rotatable bonds is 6. The van der Waals surface area contributed by atoms with Gasteiger partial charge in [0.15, 0.2) is 11.6 Å². The van der Waals surface area contributed by atoms with Crippen molar-refractivity contribution in [3.8, 4) is 0 Å². The van der Waals surface area contributed by atoms with Crippen LogP contribution in [0.1, 0.15) is 10.4 Å². The summed E-state index contributed by atoms with van der Waals surface area (Å²) in [6.07, 6.45) is 1.02. The summed E-state index contributed by atoms with van der Waals surface area (Å²) < 4.78 is 30.6. The number of sulfonamides is 1. The molecule has 0 spiro atoms. The van der Waals surface area contributed by atoms with Gasteiger partial charge in [-0.15, -0.1) is 10.2 Å². The summed E-state index contributed by atoms with van der Waals surface area (Å²) in [6.45, 7) is 5.51. The number of piperazine rings is 1. The van der Waals surface area contributed by atoms with E-state index in [-0.39, 0.29) is 11.3 Å². The van der Waals surface area contributed by atoms with Crippen molar-refractivity contribution >= 4 is 39.0 Å². The average molecular weight is 463 g/mol. The first kappa shape index (κ1) is 22.1. The number of aromatic nitrogens is 2. The Bertz CT molecular complexity index is 1060. The van der Waals surface area contributed by atoms with Gasteiger partial charge in [0, 0.05) is 45.0 Å². The quantitative estimate of drug-likeness (QED) is 0.633. The Morgan fingerprint density at radius 3 is 2.03 bits per heavy atom. The first-order valence-electron chi connectivity index (χ1n) is 10.3. The summed E-state index contributed by atoms with van der Waals surface area (Å²) in [4.78, 5) is 18.0. The zero-order chi connectivity index (χ0) is 22.7. The van der Waals surface area contributed by atoms with Gasteiger partial charge in [-0.05, 0) is 30.3 Å². The standard InChI is InChI=1S/C20H26N6O5S/c1-32(29,30)23-15-2-3-17(16(14-15)20(27)28)24-6-8-25(9-7-24)18-4-5-19(22-21-18)26-10-12-31-13-11-26/h2-5,14,23H,6-13H2,1H3,(H,27,28). The number of hydrogen-bond acceptors (Lipinski definition) is 9.